The highest BCUT2D eigenvalue weighted by Crippen LogP contribution is 2.59. The van der Waals surface area contributed by atoms with Gasteiger partial charge < -0.3 is 29.7 Å². The second-order valence-corrected chi connectivity index (χ2v) is 12.3. The number of fused-ring (bicyclic) bond motifs is 1. The molecule has 1 spiro atoms. The molecule has 0 unspecified atom stereocenters. The Morgan fingerprint density at radius 1 is 1.20 bits per heavy atom. The highest BCUT2D eigenvalue weighted by molar-refractivity contribution is 6.30. The Morgan fingerprint density at radius 2 is 1.93 bits per heavy atom. The lowest BCUT2D eigenvalue weighted by Gasteiger charge is -2.36. The van der Waals surface area contributed by atoms with Crippen LogP contribution in [-0.4, -0.2) is 83.8 Å². The number of anilines is 1. The molecule has 0 aliphatic carbocycles. The first-order chi connectivity index (χ1) is 21.2. The van der Waals surface area contributed by atoms with E-state index in [0.29, 0.717) is 55.8 Å². The zero-order chi connectivity index (χ0) is 31.9. The fraction of sp³-hybridized carbons (Fsp3) is 0.576. The minimum atomic E-state index is -1.17. The van der Waals surface area contributed by atoms with Crippen LogP contribution in [-0.2, 0) is 28.7 Å². The molecule has 1 aromatic carbocycles. The third-order valence-electron chi connectivity index (χ3n) is 8.81. The highest BCUT2D eigenvalue weighted by atomic mass is 35.5. The van der Waals surface area contributed by atoms with Crippen molar-refractivity contribution in [2.75, 3.05) is 31.1 Å². The first-order valence-corrected chi connectivity index (χ1v) is 15.9. The van der Waals surface area contributed by atoms with Crippen LogP contribution in [0.3, 0.4) is 0 Å². The lowest BCUT2D eigenvalue weighted by Crippen LogP contribution is -2.56. The second-order valence-electron chi connectivity index (χ2n) is 11.8. The molecule has 3 amide bonds. The number of unbranched alkanes of at least 4 members (excludes halogenated alkanes) is 3. The minimum Gasteiger partial charge on any atom is -0.460 e. The second kappa shape index (κ2) is 15.2. The minimum absolute atomic E-state index is 0.0997. The maximum atomic E-state index is 14.5. The number of halogens is 1. The predicted octanol–water partition coefficient (Wildman–Crippen LogP) is 3.80. The molecule has 240 valence electrons. The van der Waals surface area contributed by atoms with Crippen molar-refractivity contribution in [2.24, 2.45) is 11.8 Å². The Balaban J connectivity index is 1.58. The van der Waals surface area contributed by atoms with Crippen LogP contribution in [0.25, 0.3) is 0 Å². The summed E-state index contributed by atoms with van der Waals surface area (Å²) in [5.74, 6) is -3.02. The molecule has 0 radical (unpaired) electrons. The van der Waals surface area contributed by atoms with E-state index in [1.165, 1.54) is 0 Å². The van der Waals surface area contributed by atoms with E-state index in [-0.39, 0.29) is 37.4 Å². The molecular formula is C33H44ClN3O7. The number of benzene rings is 1. The molecule has 3 heterocycles. The van der Waals surface area contributed by atoms with Gasteiger partial charge in [0.05, 0.1) is 24.5 Å². The number of aliphatic hydroxyl groups excluding tert-OH is 1. The van der Waals surface area contributed by atoms with E-state index in [1.807, 2.05) is 0 Å². The Hall–Kier alpha value is -3.21. The number of hydrogen-bond donors (Lipinski definition) is 2. The number of esters is 1. The van der Waals surface area contributed by atoms with Crippen LogP contribution in [0.4, 0.5) is 5.69 Å². The van der Waals surface area contributed by atoms with E-state index < -0.39 is 41.7 Å². The number of amides is 3. The molecule has 0 aromatic heterocycles. The van der Waals surface area contributed by atoms with Gasteiger partial charge in [-0.05, 0) is 63.3 Å². The van der Waals surface area contributed by atoms with Crippen LogP contribution in [0.2, 0.25) is 5.02 Å². The van der Waals surface area contributed by atoms with E-state index in [4.69, 9.17) is 21.1 Å². The fourth-order valence-corrected chi connectivity index (χ4v) is 6.93. The summed E-state index contributed by atoms with van der Waals surface area (Å²) in [5.41, 5.74) is -0.552. The summed E-state index contributed by atoms with van der Waals surface area (Å²) in [6.07, 6.45) is 6.84. The summed E-state index contributed by atoms with van der Waals surface area (Å²) in [4.78, 5) is 57.5. The van der Waals surface area contributed by atoms with Crippen molar-refractivity contribution < 1.29 is 33.8 Å². The number of nitrogens with zero attached hydrogens (tertiary/aromatic N) is 2. The van der Waals surface area contributed by atoms with Gasteiger partial charge in [-0.2, -0.15) is 0 Å². The summed E-state index contributed by atoms with van der Waals surface area (Å²) in [6, 6.07) is 5.97. The first kappa shape index (κ1) is 33.7. The summed E-state index contributed by atoms with van der Waals surface area (Å²) in [6.45, 7) is 9.92. The number of hydrogen-bond acceptors (Lipinski definition) is 7. The average molecular weight is 630 g/mol. The Kier molecular flexibility index (Phi) is 11.6. The predicted molar refractivity (Wildman–Crippen MR) is 167 cm³/mol. The number of aliphatic hydroxyl groups is 1. The summed E-state index contributed by atoms with van der Waals surface area (Å²) >= 11 is 6.12. The van der Waals surface area contributed by atoms with E-state index in [0.717, 1.165) is 12.8 Å². The quantitative estimate of drug-likeness (QED) is 0.153. The van der Waals surface area contributed by atoms with E-state index in [1.54, 1.807) is 53.1 Å². The van der Waals surface area contributed by atoms with Gasteiger partial charge in [-0.3, -0.25) is 19.2 Å². The van der Waals surface area contributed by atoms with Crippen LogP contribution in [0.1, 0.15) is 58.3 Å². The number of likely N-dealkylation sites (tertiary alicyclic amines) is 1. The van der Waals surface area contributed by atoms with Gasteiger partial charge in [0.25, 0.3) is 5.91 Å². The molecule has 0 saturated carbocycles. The molecule has 3 aliphatic rings. The van der Waals surface area contributed by atoms with E-state index in [9.17, 15) is 24.3 Å². The number of carbonyl (C=O) groups excluding carboxylic acids is 4. The standard InChI is InChI=1S/C33H44ClN3O7/c1-4-6-11-26(39)35-21-22(3)43-32(42)27-25-16-17-33(44-25)28(27)30(40)37(19-9-7-8-10-20-38)29(33)31(41)36(18-5-2)24-14-12-23(34)13-15-24/h4-5,12-15,22,25,27-29,38H,1-2,6-11,16-21H2,3H3,(H,35,39)/t22-,25-,27+,28+,29-,33+/m1/s1. The summed E-state index contributed by atoms with van der Waals surface area (Å²) in [7, 11) is 0. The molecule has 3 saturated heterocycles. The molecule has 4 rings (SSSR count). The lowest BCUT2D eigenvalue weighted by atomic mass is 9.70. The molecule has 6 atom stereocenters. The molecule has 11 heteroatoms. The first-order valence-electron chi connectivity index (χ1n) is 15.5. The smallest absolute Gasteiger partial charge is 0.312 e. The van der Waals surface area contributed by atoms with Gasteiger partial charge >= 0.3 is 5.97 Å². The van der Waals surface area contributed by atoms with Gasteiger partial charge in [0.1, 0.15) is 17.7 Å². The molecule has 1 aromatic rings. The topological polar surface area (TPSA) is 125 Å². The van der Waals surface area contributed by atoms with Crippen molar-refractivity contribution in [3.05, 3.63) is 54.6 Å². The largest absolute Gasteiger partial charge is 0.460 e. The maximum absolute atomic E-state index is 14.5. The Morgan fingerprint density at radius 3 is 2.61 bits per heavy atom. The average Bonchev–Trinajstić information content (AvgIpc) is 3.65. The molecular weight excluding hydrogens is 586 g/mol. The zero-order valence-electron chi connectivity index (χ0n) is 25.4. The molecule has 2 N–H and O–H groups in total. The molecule has 2 bridgehead atoms. The fourth-order valence-electron chi connectivity index (χ4n) is 6.81. The van der Waals surface area contributed by atoms with Crippen molar-refractivity contribution in [3.63, 3.8) is 0 Å². The Labute approximate surface area is 264 Å². The van der Waals surface area contributed by atoms with E-state index >= 15 is 0 Å². The van der Waals surface area contributed by atoms with Crippen molar-refractivity contribution in [1.82, 2.24) is 10.2 Å². The third kappa shape index (κ3) is 7.03. The van der Waals surface area contributed by atoms with Crippen molar-refractivity contribution in [1.29, 1.82) is 0 Å². The summed E-state index contributed by atoms with van der Waals surface area (Å²) in [5, 5.41) is 12.5. The molecule has 3 aliphatic heterocycles. The van der Waals surface area contributed by atoms with Gasteiger partial charge in [-0.1, -0.05) is 36.6 Å². The van der Waals surface area contributed by atoms with Crippen LogP contribution in [0.5, 0.6) is 0 Å². The normalized spacial score (nSPS) is 25.8. The maximum Gasteiger partial charge on any atom is 0.312 e. The van der Waals surface area contributed by atoms with Crippen molar-refractivity contribution >= 4 is 41.0 Å². The highest BCUT2D eigenvalue weighted by Gasteiger charge is 2.75. The monoisotopic (exact) mass is 629 g/mol. The number of carbonyl (C=O) groups is 4. The zero-order valence-corrected chi connectivity index (χ0v) is 26.2. The van der Waals surface area contributed by atoms with Crippen LogP contribution >= 0.6 is 11.6 Å². The Bertz CT molecular complexity index is 1220. The van der Waals surface area contributed by atoms with Crippen LogP contribution in [0.15, 0.2) is 49.6 Å². The van der Waals surface area contributed by atoms with Crippen LogP contribution < -0.4 is 10.2 Å². The number of rotatable bonds is 17. The van der Waals surface area contributed by atoms with Crippen molar-refractivity contribution in [2.45, 2.75) is 82.1 Å². The number of ether oxygens (including phenoxy) is 2. The summed E-state index contributed by atoms with van der Waals surface area (Å²) < 4.78 is 12.3. The van der Waals surface area contributed by atoms with Gasteiger partial charge in [0.2, 0.25) is 11.8 Å². The number of nitrogens with one attached hydrogen (secondary N) is 1. The lowest BCUT2D eigenvalue weighted by molar-refractivity contribution is -0.159. The van der Waals surface area contributed by atoms with Gasteiger partial charge in [0.15, 0.2) is 0 Å². The van der Waals surface area contributed by atoms with Crippen molar-refractivity contribution in [3.8, 4) is 0 Å². The van der Waals surface area contributed by atoms with Gasteiger partial charge in [-0.15, -0.1) is 13.2 Å². The molecule has 10 nitrogen and oxygen atoms in total. The SMILES string of the molecule is C=CCCC(=O)NC[C@@H](C)OC(=O)[C@@H]1[C@H]2C(=O)N(CCCCCCO)[C@H](C(=O)N(CC=C)c3ccc(Cl)cc3)[C@]23CC[C@H]1O3. The van der Waals surface area contributed by atoms with Crippen LogP contribution in [0, 0.1) is 11.8 Å². The van der Waals surface area contributed by atoms with Gasteiger partial charge in [0, 0.05) is 36.8 Å². The molecule has 3 fully saturated rings. The number of allylic oxidation sites excluding steroid dienone is 1. The molecule has 44 heavy (non-hydrogen) atoms. The third-order valence-corrected chi connectivity index (χ3v) is 9.06. The van der Waals surface area contributed by atoms with E-state index in [2.05, 4.69) is 18.5 Å². The van der Waals surface area contributed by atoms with Gasteiger partial charge in [-0.25, -0.2) is 0 Å².